The molecule has 0 saturated heterocycles. The molecule has 2 aliphatic carbocycles. The Morgan fingerprint density at radius 2 is 1.76 bits per heavy atom. The van der Waals surface area contributed by atoms with Gasteiger partial charge in [0.25, 0.3) is 0 Å². The predicted molar refractivity (Wildman–Crippen MR) is 78.3 cm³/mol. The average molecular weight is 290 g/mol. The molecule has 0 aliphatic heterocycles. The highest BCUT2D eigenvalue weighted by molar-refractivity contribution is 5.90. The van der Waals surface area contributed by atoms with Gasteiger partial charge in [-0.15, -0.1) is 0 Å². The molecular formula is C17H22O4. The van der Waals surface area contributed by atoms with Gasteiger partial charge in [-0.3, -0.25) is 0 Å². The van der Waals surface area contributed by atoms with Crippen LogP contribution in [0.5, 0.6) is 11.5 Å². The molecule has 0 heterocycles. The average Bonchev–Trinajstić information content (AvgIpc) is 2.50. The van der Waals surface area contributed by atoms with Crippen LogP contribution in [-0.2, 0) is 4.74 Å². The molecule has 2 N–H and O–H groups in total. The van der Waals surface area contributed by atoms with Crippen molar-refractivity contribution in [3.63, 3.8) is 0 Å². The van der Waals surface area contributed by atoms with Gasteiger partial charge in [-0.25, -0.2) is 4.79 Å². The molecule has 3 atom stereocenters. The molecule has 0 spiro atoms. The number of carbonyl (C=O) groups is 1. The summed E-state index contributed by atoms with van der Waals surface area (Å²) in [5.41, 5.74) is 0.288. The first-order valence-electron chi connectivity index (χ1n) is 7.86. The maximum absolute atomic E-state index is 12.1. The van der Waals surface area contributed by atoms with E-state index in [-0.39, 0.29) is 23.2 Å². The summed E-state index contributed by atoms with van der Waals surface area (Å²) in [6.07, 6.45) is 8.30. The Bertz CT molecular complexity index is 526. The third-order valence-corrected chi connectivity index (χ3v) is 4.98. The smallest absolute Gasteiger partial charge is 0.338 e. The highest BCUT2D eigenvalue weighted by Gasteiger charge is 2.33. The van der Waals surface area contributed by atoms with E-state index in [0.717, 1.165) is 25.2 Å². The van der Waals surface area contributed by atoms with Crippen LogP contribution in [0.15, 0.2) is 18.2 Å². The number of fused-ring (bicyclic) bond motifs is 1. The fraction of sp³-hybridized carbons (Fsp3) is 0.588. The first-order chi connectivity index (χ1) is 10.1. The molecule has 114 valence electrons. The number of phenolic OH excluding ortho intramolecular Hbond substituents is 2. The van der Waals surface area contributed by atoms with Crippen molar-refractivity contribution in [2.45, 2.75) is 51.0 Å². The number of esters is 1. The van der Waals surface area contributed by atoms with Crippen LogP contribution in [0.2, 0.25) is 0 Å². The zero-order valence-electron chi connectivity index (χ0n) is 12.1. The van der Waals surface area contributed by atoms with Gasteiger partial charge in [0.15, 0.2) is 11.5 Å². The van der Waals surface area contributed by atoms with Crippen molar-refractivity contribution in [2.75, 3.05) is 0 Å². The molecule has 2 fully saturated rings. The van der Waals surface area contributed by atoms with Crippen LogP contribution in [0.1, 0.15) is 55.3 Å². The van der Waals surface area contributed by atoms with Crippen LogP contribution in [0.4, 0.5) is 0 Å². The number of aromatic hydroxyl groups is 2. The van der Waals surface area contributed by atoms with Crippen LogP contribution in [0.25, 0.3) is 0 Å². The maximum atomic E-state index is 12.1. The first-order valence-corrected chi connectivity index (χ1v) is 7.86. The first kappa shape index (κ1) is 14.2. The van der Waals surface area contributed by atoms with Crippen molar-refractivity contribution in [2.24, 2.45) is 11.8 Å². The number of phenols is 2. The van der Waals surface area contributed by atoms with E-state index in [0.29, 0.717) is 5.92 Å². The molecule has 2 saturated carbocycles. The van der Waals surface area contributed by atoms with Crippen LogP contribution >= 0.6 is 0 Å². The van der Waals surface area contributed by atoms with Crippen molar-refractivity contribution >= 4 is 5.97 Å². The Labute approximate surface area is 124 Å². The Morgan fingerprint density at radius 3 is 2.52 bits per heavy atom. The number of carbonyl (C=O) groups excluding carboxylic acids is 1. The van der Waals surface area contributed by atoms with Gasteiger partial charge in [-0.2, -0.15) is 0 Å². The van der Waals surface area contributed by atoms with E-state index in [1.807, 2.05) is 0 Å². The van der Waals surface area contributed by atoms with E-state index >= 15 is 0 Å². The van der Waals surface area contributed by atoms with E-state index in [1.54, 1.807) is 0 Å². The molecule has 3 rings (SSSR count). The van der Waals surface area contributed by atoms with Gasteiger partial charge in [0.05, 0.1) is 5.56 Å². The largest absolute Gasteiger partial charge is 0.504 e. The summed E-state index contributed by atoms with van der Waals surface area (Å²) in [6, 6.07) is 4.04. The Balaban J connectivity index is 1.61. The zero-order chi connectivity index (χ0) is 14.8. The maximum Gasteiger partial charge on any atom is 0.338 e. The molecule has 0 bridgehead atoms. The highest BCUT2D eigenvalue weighted by Crippen LogP contribution is 2.41. The second-order valence-corrected chi connectivity index (χ2v) is 6.35. The number of hydrogen-bond donors (Lipinski definition) is 2. The van der Waals surface area contributed by atoms with Gasteiger partial charge < -0.3 is 14.9 Å². The summed E-state index contributed by atoms with van der Waals surface area (Å²) in [6.45, 7) is 0. The Hall–Kier alpha value is -1.71. The third-order valence-electron chi connectivity index (χ3n) is 4.98. The molecule has 1 aromatic rings. The zero-order valence-corrected chi connectivity index (χ0v) is 12.1. The van der Waals surface area contributed by atoms with E-state index in [1.165, 1.54) is 43.9 Å². The van der Waals surface area contributed by atoms with Crippen molar-refractivity contribution in [1.82, 2.24) is 0 Å². The predicted octanol–water partition coefficient (Wildman–Crippen LogP) is 3.61. The topological polar surface area (TPSA) is 66.8 Å². The number of hydrogen-bond acceptors (Lipinski definition) is 4. The summed E-state index contributed by atoms with van der Waals surface area (Å²) in [7, 11) is 0. The van der Waals surface area contributed by atoms with Gasteiger partial charge in [0.1, 0.15) is 6.10 Å². The summed E-state index contributed by atoms with van der Waals surface area (Å²) >= 11 is 0. The SMILES string of the molecule is O=C(OC1CCC2CCCCC2C1)c1ccc(O)c(O)c1. The second kappa shape index (κ2) is 5.96. The molecule has 2 aliphatic rings. The minimum Gasteiger partial charge on any atom is -0.504 e. The van der Waals surface area contributed by atoms with Crippen LogP contribution in [0.3, 0.4) is 0 Å². The fourth-order valence-corrected chi connectivity index (χ4v) is 3.81. The van der Waals surface area contributed by atoms with E-state index in [2.05, 4.69) is 0 Å². The fourth-order valence-electron chi connectivity index (χ4n) is 3.81. The van der Waals surface area contributed by atoms with Crippen LogP contribution < -0.4 is 0 Å². The van der Waals surface area contributed by atoms with Gasteiger partial charge in [0.2, 0.25) is 0 Å². The number of ether oxygens (including phenoxy) is 1. The molecule has 3 unspecified atom stereocenters. The summed E-state index contributed by atoms with van der Waals surface area (Å²) in [5.74, 6) is 0.601. The molecule has 21 heavy (non-hydrogen) atoms. The quantitative estimate of drug-likeness (QED) is 0.645. The van der Waals surface area contributed by atoms with E-state index in [9.17, 15) is 15.0 Å². The summed E-state index contributed by atoms with van der Waals surface area (Å²) in [4.78, 5) is 12.1. The van der Waals surface area contributed by atoms with E-state index < -0.39 is 5.97 Å². The number of benzene rings is 1. The lowest BCUT2D eigenvalue weighted by Crippen LogP contribution is -2.33. The van der Waals surface area contributed by atoms with Crippen molar-refractivity contribution in [1.29, 1.82) is 0 Å². The molecule has 4 nitrogen and oxygen atoms in total. The molecule has 0 radical (unpaired) electrons. The molecule has 0 aromatic heterocycles. The Morgan fingerprint density at radius 1 is 1.00 bits per heavy atom. The lowest BCUT2D eigenvalue weighted by molar-refractivity contribution is -0.000955. The summed E-state index contributed by atoms with van der Waals surface area (Å²) in [5, 5.41) is 18.7. The minimum absolute atomic E-state index is 0.00667. The monoisotopic (exact) mass is 290 g/mol. The highest BCUT2D eigenvalue weighted by atomic mass is 16.5. The van der Waals surface area contributed by atoms with Crippen molar-refractivity contribution in [3.8, 4) is 11.5 Å². The lowest BCUT2D eigenvalue weighted by atomic mass is 9.70. The number of rotatable bonds is 2. The Kier molecular flexibility index (Phi) is 4.04. The molecule has 0 amide bonds. The normalized spacial score (nSPS) is 28.7. The molecular weight excluding hydrogens is 268 g/mol. The van der Waals surface area contributed by atoms with Crippen molar-refractivity contribution < 1.29 is 19.7 Å². The van der Waals surface area contributed by atoms with Gasteiger partial charge in [-0.05, 0) is 49.3 Å². The third kappa shape index (κ3) is 3.14. The van der Waals surface area contributed by atoms with Crippen LogP contribution in [-0.4, -0.2) is 22.3 Å². The second-order valence-electron chi connectivity index (χ2n) is 6.35. The van der Waals surface area contributed by atoms with Crippen molar-refractivity contribution in [3.05, 3.63) is 23.8 Å². The standard InChI is InChI=1S/C17H22O4/c18-15-8-6-13(10-16(15)19)17(20)21-14-7-5-11-3-1-2-4-12(11)9-14/h6,8,10-12,14,18-19H,1-5,7,9H2. The van der Waals surface area contributed by atoms with Crippen LogP contribution in [0, 0.1) is 11.8 Å². The lowest BCUT2D eigenvalue weighted by Gasteiger charge is -2.38. The molecule has 1 aromatic carbocycles. The molecule has 4 heteroatoms. The van der Waals surface area contributed by atoms with E-state index in [4.69, 9.17) is 4.74 Å². The van der Waals surface area contributed by atoms with Gasteiger partial charge >= 0.3 is 5.97 Å². The van der Waals surface area contributed by atoms with Gasteiger partial charge in [0, 0.05) is 0 Å². The summed E-state index contributed by atoms with van der Waals surface area (Å²) < 4.78 is 5.59. The van der Waals surface area contributed by atoms with Gasteiger partial charge in [-0.1, -0.05) is 25.7 Å². The minimum atomic E-state index is -0.412.